The summed E-state index contributed by atoms with van der Waals surface area (Å²) >= 11 is 0. The smallest absolute Gasteiger partial charge is 0.495 e. The molecule has 1 aliphatic heterocycles. The summed E-state index contributed by atoms with van der Waals surface area (Å²) in [4.78, 5) is 17.2. The fourth-order valence-corrected chi connectivity index (χ4v) is 4.49. The fraction of sp³-hybridized carbons (Fsp3) is 0.333. The minimum absolute atomic E-state index is 0.275. The Bertz CT molecular complexity index is 1340. The van der Waals surface area contributed by atoms with Crippen molar-refractivity contribution in [2.24, 2.45) is 5.92 Å². The second-order valence-electron chi connectivity index (χ2n) is 8.66. The Balaban J connectivity index is 1.35. The van der Waals surface area contributed by atoms with Gasteiger partial charge in [0.1, 0.15) is 23.2 Å². The number of halogens is 3. The zero-order valence-corrected chi connectivity index (χ0v) is 19.4. The average Bonchev–Trinajstić information content (AvgIpc) is 3.45. The molecule has 9 nitrogen and oxygen atoms in total. The van der Waals surface area contributed by atoms with Crippen molar-refractivity contribution in [1.82, 2.24) is 29.9 Å². The van der Waals surface area contributed by atoms with Crippen LogP contribution in [0, 0.1) is 12.8 Å². The van der Waals surface area contributed by atoms with E-state index in [2.05, 4.69) is 25.3 Å². The number of carbonyl (C=O) groups excluding carboxylic acids is 1. The number of methoxy groups -OCH3 is 1. The molecule has 3 heterocycles. The summed E-state index contributed by atoms with van der Waals surface area (Å²) in [5.41, 5.74) is 2.99. The van der Waals surface area contributed by atoms with E-state index in [1.54, 1.807) is 19.6 Å². The number of nitrogens with one attached hydrogen (secondary N) is 1. The standard InChI is InChI=1S/C24H23F3N6O3/c1-14-11-32(13-28-14)20-7-3-16(10-22(20)35-2)19-12-33(31-30-19)21-8-4-15-9-17(36-24(25,26)27)5-6-18(15)29-23(21)34/h3,5-7,9-13,15,18,21H,4,8H2,1-2H3,(H,29,34). The van der Waals surface area contributed by atoms with Gasteiger partial charge in [-0.05, 0) is 44.1 Å². The van der Waals surface area contributed by atoms with Crippen molar-refractivity contribution in [1.29, 1.82) is 0 Å². The van der Waals surface area contributed by atoms with E-state index in [1.165, 1.54) is 22.9 Å². The number of aromatic nitrogens is 5. The third-order valence-electron chi connectivity index (χ3n) is 6.22. The zero-order chi connectivity index (χ0) is 25.4. The van der Waals surface area contributed by atoms with Crippen LogP contribution >= 0.6 is 0 Å². The maximum atomic E-state index is 12.9. The molecular formula is C24H23F3N6O3. The SMILES string of the molecule is COc1cc(-c2cn(C3CCC4C=C(OC(F)(F)F)C=CC4NC3=O)nn2)ccc1-n1cnc(C)c1. The van der Waals surface area contributed by atoms with Crippen molar-refractivity contribution in [2.75, 3.05) is 7.11 Å². The summed E-state index contributed by atoms with van der Waals surface area (Å²) < 4.78 is 50.7. The molecule has 1 aliphatic carbocycles. The highest BCUT2D eigenvalue weighted by Crippen LogP contribution is 2.33. The number of imidazole rings is 1. The lowest BCUT2D eigenvalue weighted by molar-refractivity contribution is -0.303. The third-order valence-corrected chi connectivity index (χ3v) is 6.22. The largest absolute Gasteiger partial charge is 0.573 e. The van der Waals surface area contributed by atoms with Gasteiger partial charge in [0, 0.05) is 17.7 Å². The molecule has 188 valence electrons. The van der Waals surface area contributed by atoms with Crippen molar-refractivity contribution in [3.05, 3.63) is 66.6 Å². The maximum Gasteiger partial charge on any atom is 0.573 e. The maximum absolute atomic E-state index is 12.9. The van der Waals surface area contributed by atoms with Gasteiger partial charge < -0.3 is 19.4 Å². The molecule has 5 rings (SSSR count). The quantitative estimate of drug-likeness (QED) is 0.572. The summed E-state index contributed by atoms with van der Waals surface area (Å²) in [6.07, 6.45) is 5.50. The van der Waals surface area contributed by atoms with Crippen LogP contribution in [0.25, 0.3) is 16.9 Å². The summed E-state index contributed by atoms with van der Waals surface area (Å²) in [6.45, 7) is 1.90. The predicted molar refractivity (Wildman–Crippen MR) is 122 cm³/mol. The van der Waals surface area contributed by atoms with E-state index in [0.29, 0.717) is 24.3 Å². The molecule has 36 heavy (non-hydrogen) atoms. The molecule has 2 aromatic heterocycles. The van der Waals surface area contributed by atoms with Crippen LogP contribution in [0.15, 0.2) is 60.9 Å². The van der Waals surface area contributed by atoms with Crippen LogP contribution < -0.4 is 10.1 Å². The Morgan fingerprint density at radius 2 is 2.03 bits per heavy atom. The van der Waals surface area contributed by atoms with Crippen LogP contribution in [0.3, 0.4) is 0 Å². The van der Waals surface area contributed by atoms with Crippen LogP contribution in [-0.4, -0.2) is 50.0 Å². The van der Waals surface area contributed by atoms with Crippen LogP contribution in [0.5, 0.6) is 5.75 Å². The topological polar surface area (TPSA) is 96.1 Å². The van der Waals surface area contributed by atoms with E-state index < -0.39 is 18.4 Å². The van der Waals surface area contributed by atoms with Crippen molar-refractivity contribution < 1.29 is 27.4 Å². The van der Waals surface area contributed by atoms with Gasteiger partial charge in [0.05, 0.1) is 37.1 Å². The number of carbonyl (C=O) groups is 1. The average molecular weight is 500 g/mol. The molecular weight excluding hydrogens is 477 g/mol. The number of amides is 1. The minimum atomic E-state index is -4.77. The molecule has 3 atom stereocenters. The Morgan fingerprint density at radius 3 is 2.75 bits per heavy atom. The second-order valence-corrected chi connectivity index (χ2v) is 8.66. The number of fused-ring (bicyclic) bond motifs is 1. The normalized spacial score (nSPS) is 21.9. The first-order valence-corrected chi connectivity index (χ1v) is 11.3. The molecule has 2 aliphatic rings. The molecule has 12 heteroatoms. The number of aryl methyl sites for hydroxylation is 1. The van der Waals surface area contributed by atoms with Gasteiger partial charge in [-0.25, -0.2) is 9.67 Å². The highest BCUT2D eigenvalue weighted by atomic mass is 19.4. The summed E-state index contributed by atoms with van der Waals surface area (Å²) in [5.74, 6) is -0.262. The molecule has 1 saturated heterocycles. The molecule has 0 bridgehead atoms. The van der Waals surface area contributed by atoms with Crippen LogP contribution in [0.1, 0.15) is 24.6 Å². The lowest BCUT2D eigenvalue weighted by Crippen LogP contribution is -2.40. The lowest BCUT2D eigenvalue weighted by atomic mass is 9.90. The van der Waals surface area contributed by atoms with Crippen molar-refractivity contribution in [2.45, 2.75) is 38.2 Å². The van der Waals surface area contributed by atoms with Gasteiger partial charge in [0.2, 0.25) is 5.91 Å². The number of rotatable bonds is 5. The van der Waals surface area contributed by atoms with Crippen molar-refractivity contribution in [3.8, 4) is 22.7 Å². The highest BCUT2D eigenvalue weighted by molar-refractivity contribution is 5.81. The summed E-state index contributed by atoms with van der Waals surface area (Å²) in [5, 5.41) is 11.3. The molecule has 1 amide bonds. The molecule has 3 unspecified atom stereocenters. The molecule has 1 aromatic carbocycles. The Hall–Kier alpha value is -4.09. The number of alkyl halides is 3. The van der Waals surface area contributed by atoms with Crippen LogP contribution in [0.4, 0.5) is 13.2 Å². The molecule has 1 fully saturated rings. The van der Waals surface area contributed by atoms with E-state index in [-0.39, 0.29) is 17.6 Å². The first-order chi connectivity index (χ1) is 17.2. The molecule has 0 saturated carbocycles. The number of hydrogen-bond donors (Lipinski definition) is 1. The number of benzene rings is 1. The molecule has 0 spiro atoms. The van der Waals surface area contributed by atoms with E-state index in [9.17, 15) is 18.0 Å². The first-order valence-electron chi connectivity index (χ1n) is 11.3. The van der Waals surface area contributed by atoms with Gasteiger partial charge in [-0.3, -0.25) is 4.79 Å². The Labute approximate surface area is 204 Å². The van der Waals surface area contributed by atoms with E-state index in [4.69, 9.17) is 4.74 Å². The molecule has 1 N–H and O–H groups in total. The van der Waals surface area contributed by atoms with E-state index in [0.717, 1.165) is 16.9 Å². The molecule has 0 radical (unpaired) electrons. The van der Waals surface area contributed by atoms with Gasteiger partial charge in [-0.1, -0.05) is 17.4 Å². The number of nitrogens with zero attached hydrogens (tertiary/aromatic N) is 5. The monoisotopic (exact) mass is 500 g/mol. The van der Waals surface area contributed by atoms with Gasteiger partial charge in [0.15, 0.2) is 0 Å². The predicted octanol–water partition coefficient (Wildman–Crippen LogP) is 3.87. The fourth-order valence-electron chi connectivity index (χ4n) is 4.49. The Kier molecular flexibility index (Phi) is 6.02. The van der Waals surface area contributed by atoms with Gasteiger partial charge >= 0.3 is 6.36 Å². The second kappa shape index (κ2) is 9.17. The minimum Gasteiger partial charge on any atom is -0.495 e. The van der Waals surface area contributed by atoms with Gasteiger partial charge in [-0.15, -0.1) is 18.3 Å². The number of hydrogen-bond acceptors (Lipinski definition) is 6. The van der Waals surface area contributed by atoms with Crippen LogP contribution in [0.2, 0.25) is 0 Å². The molecule has 3 aromatic rings. The lowest BCUT2D eigenvalue weighted by Gasteiger charge is -2.24. The number of allylic oxidation sites excluding steroid dienone is 1. The van der Waals surface area contributed by atoms with Crippen molar-refractivity contribution >= 4 is 5.91 Å². The van der Waals surface area contributed by atoms with Crippen molar-refractivity contribution in [3.63, 3.8) is 0 Å². The number of ether oxygens (including phenoxy) is 2. The van der Waals surface area contributed by atoms with E-state index in [1.807, 2.05) is 35.9 Å². The summed E-state index contributed by atoms with van der Waals surface area (Å²) in [6, 6.07) is 4.52. The highest BCUT2D eigenvalue weighted by Gasteiger charge is 2.36. The van der Waals surface area contributed by atoms with Gasteiger partial charge in [0.25, 0.3) is 0 Å². The van der Waals surface area contributed by atoms with E-state index >= 15 is 0 Å². The first kappa shape index (κ1) is 23.6. The third kappa shape index (κ3) is 4.83. The zero-order valence-electron chi connectivity index (χ0n) is 19.4. The van der Waals surface area contributed by atoms with Gasteiger partial charge in [-0.2, -0.15) is 0 Å². The Morgan fingerprint density at radius 1 is 1.19 bits per heavy atom. The van der Waals surface area contributed by atoms with Crippen LogP contribution in [-0.2, 0) is 9.53 Å². The summed E-state index contributed by atoms with van der Waals surface area (Å²) in [7, 11) is 1.58.